The summed E-state index contributed by atoms with van der Waals surface area (Å²) in [4.78, 5) is 0. The molecular formula is C8H13N. The first-order chi connectivity index (χ1) is 4.33. The minimum Gasteiger partial charge on any atom is -0.328 e. The second-order valence-corrected chi connectivity index (χ2v) is 2.78. The van der Waals surface area contributed by atoms with E-state index in [0.29, 0.717) is 12.0 Å². The third-order valence-electron chi connectivity index (χ3n) is 2.01. The van der Waals surface area contributed by atoms with E-state index in [1.165, 1.54) is 0 Å². The Balaban J connectivity index is 2.28. The van der Waals surface area contributed by atoms with Gasteiger partial charge in [-0.3, -0.25) is 0 Å². The number of hydrogen-bond acceptors (Lipinski definition) is 1. The van der Waals surface area contributed by atoms with Crippen LogP contribution < -0.4 is 5.73 Å². The maximum Gasteiger partial charge on any atom is 0.0201 e. The van der Waals surface area contributed by atoms with E-state index in [9.17, 15) is 0 Å². The van der Waals surface area contributed by atoms with Gasteiger partial charge in [-0.05, 0) is 25.7 Å². The summed E-state index contributed by atoms with van der Waals surface area (Å²) in [6.07, 6.45) is 9.77. The van der Waals surface area contributed by atoms with Crippen LogP contribution in [0.1, 0.15) is 25.7 Å². The van der Waals surface area contributed by atoms with Gasteiger partial charge in [0.1, 0.15) is 0 Å². The van der Waals surface area contributed by atoms with E-state index in [-0.39, 0.29) is 0 Å². The van der Waals surface area contributed by atoms with Gasteiger partial charge in [-0.2, -0.15) is 0 Å². The average molecular weight is 123 g/mol. The summed E-state index contributed by atoms with van der Waals surface area (Å²) >= 11 is 0. The Morgan fingerprint density at radius 2 is 1.78 bits per heavy atom. The first-order valence-electron chi connectivity index (χ1n) is 3.54. The quantitative estimate of drug-likeness (QED) is 0.480. The molecule has 9 heavy (non-hydrogen) atoms. The van der Waals surface area contributed by atoms with Crippen LogP contribution in [-0.2, 0) is 0 Å². The molecule has 0 aromatic carbocycles. The van der Waals surface area contributed by atoms with E-state index in [0.717, 1.165) is 25.7 Å². The van der Waals surface area contributed by atoms with Crippen LogP contribution in [0, 0.1) is 18.3 Å². The van der Waals surface area contributed by atoms with Crippen molar-refractivity contribution in [1.82, 2.24) is 0 Å². The molecule has 1 heteroatoms. The highest BCUT2D eigenvalue weighted by molar-refractivity contribution is 4.95. The fourth-order valence-corrected chi connectivity index (χ4v) is 1.29. The topological polar surface area (TPSA) is 26.0 Å². The minimum atomic E-state index is 0.426. The Morgan fingerprint density at radius 1 is 1.22 bits per heavy atom. The van der Waals surface area contributed by atoms with Gasteiger partial charge in [0.15, 0.2) is 0 Å². The molecule has 0 atom stereocenters. The molecule has 0 radical (unpaired) electrons. The smallest absolute Gasteiger partial charge is 0.0201 e. The van der Waals surface area contributed by atoms with Gasteiger partial charge in [0.2, 0.25) is 0 Å². The fraction of sp³-hybridized carbons (Fsp3) is 0.750. The van der Waals surface area contributed by atoms with Crippen molar-refractivity contribution in [2.24, 2.45) is 11.7 Å². The van der Waals surface area contributed by atoms with Crippen LogP contribution in [-0.4, -0.2) is 6.04 Å². The van der Waals surface area contributed by atoms with Crippen molar-refractivity contribution in [2.45, 2.75) is 31.7 Å². The third-order valence-corrected chi connectivity index (χ3v) is 2.01. The molecule has 0 amide bonds. The maximum atomic E-state index is 5.68. The Bertz CT molecular complexity index is 115. The molecule has 0 saturated heterocycles. The molecule has 0 heterocycles. The normalized spacial score (nSPS) is 35.6. The van der Waals surface area contributed by atoms with Gasteiger partial charge in [0, 0.05) is 12.0 Å². The van der Waals surface area contributed by atoms with Crippen LogP contribution in [0.15, 0.2) is 0 Å². The zero-order chi connectivity index (χ0) is 6.69. The molecule has 1 saturated carbocycles. The number of rotatable bonds is 0. The highest BCUT2D eigenvalue weighted by atomic mass is 14.6. The van der Waals surface area contributed by atoms with Crippen LogP contribution in [0.25, 0.3) is 0 Å². The lowest BCUT2D eigenvalue weighted by atomic mass is 9.87. The van der Waals surface area contributed by atoms with Gasteiger partial charge in [-0.25, -0.2) is 0 Å². The average Bonchev–Trinajstić information content (AvgIpc) is 1.90. The zero-order valence-corrected chi connectivity index (χ0v) is 5.64. The first kappa shape index (κ1) is 6.64. The second-order valence-electron chi connectivity index (χ2n) is 2.78. The summed E-state index contributed by atoms with van der Waals surface area (Å²) < 4.78 is 0. The lowest BCUT2D eigenvalue weighted by Gasteiger charge is -2.21. The summed E-state index contributed by atoms with van der Waals surface area (Å²) in [6, 6.07) is 0.426. The summed E-state index contributed by atoms with van der Waals surface area (Å²) in [7, 11) is 0. The molecule has 1 aliphatic carbocycles. The number of hydrogen-bond donors (Lipinski definition) is 1. The molecule has 0 unspecified atom stereocenters. The number of terminal acetylenes is 1. The Morgan fingerprint density at radius 3 is 2.22 bits per heavy atom. The van der Waals surface area contributed by atoms with Gasteiger partial charge in [-0.15, -0.1) is 12.3 Å². The Labute approximate surface area is 56.6 Å². The van der Waals surface area contributed by atoms with Gasteiger partial charge in [-0.1, -0.05) is 0 Å². The van der Waals surface area contributed by atoms with Crippen LogP contribution >= 0.6 is 0 Å². The lowest BCUT2D eigenvalue weighted by molar-refractivity contribution is 0.384. The Kier molecular flexibility index (Phi) is 2.13. The highest BCUT2D eigenvalue weighted by Crippen LogP contribution is 2.21. The summed E-state index contributed by atoms with van der Waals surface area (Å²) in [6.45, 7) is 0. The predicted molar refractivity (Wildman–Crippen MR) is 38.8 cm³/mol. The van der Waals surface area contributed by atoms with Gasteiger partial charge in [0.25, 0.3) is 0 Å². The van der Waals surface area contributed by atoms with Crippen molar-refractivity contribution in [3.63, 3.8) is 0 Å². The van der Waals surface area contributed by atoms with Crippen LogP contribution in [0.4, 0.5) is 0 Å². The molecule has 0 aromatic rings. The van der Waals surface area contributed by atoms with Crippen molar-refractivity contribution < 1.29 is 0 Å². The van der Waals surface area contributed by atoms with E-state index >= 15 is 0 Å². The highest BCUT2D eigenvalue weighted by Gasteiger charge is 2.15. The van der Waals surface area contributed by atoms with Crippen LogP contribution in [0.5, 0.6) is 0 Å². The minimum absolute atomic E-state index is 0.426. The van der Waals surface area contributed by atoms with Crippen LogP contribution in [0.2, 0.25) is 0 Å². The van der Waals surface area contributed by atoms with Crippen molar-refractivity contribution in [1.29, 1.82) is 0 Å². The largest absolute Gasteiger partial charge is 0.328 e. The van der Waals surface area contributed by atoms with Crippen molar-refractivity contribution in [3.05, 3.63) is 0 Å². The van der Waals surface area contributed by atoms with Gasteiger partial charge < -0.3 is 5.73 Å². The molecule has 1 nitrogen and oxygen atoms in total. The summed E-state index contributed by atoms with van der Waals surface area (Å²) in [5, 5.41) is 0. The fourth-order valence-electron chi connectivity index (χ4n) is 1.29. The van der Waals surface area contributed by atoms with Crippen LogP contribution in [0.3, 0.4) is 0 Å². The van der Waals surface area contributed by atoms with Gasteiger partial charge >= 0.3 is 0 Å². The zero-order valence-electron chi connectivity index (χ0n) is 5.64. The predicted octanol–water partition coefficient (Wildman–Crippen LogP) is 1.14. The van der Waals surface area contributed by atoms with E-state index < -0.39 is 0 Å². The standard InChI is InChI=1S/C8H13N/c1-2-7-3-5-8(9)6-4-7/h1,7-8H,3-6,9H2/t7-,8-. The van der Waals surface area contributed by atoms with E-state index in [4.69, 9.17) is 12.2 Å². The molecule has 1 fully saturated rings. The summed E-state index contributed by atoms with van der Waals surface area (Å²) in [5.41, 5.74) is 5.68. The molecule has 0 spiro atoms. The molecule has 1 aliphatic rings. The first-order valence-corrected chi connectivity index (χ1v) is 3.54. The monoisotopic (exact) mass is 123 g/mol. The van der Waals surface area contributed by atoms with E-state index in [2.05, 4.69) is 5.92 Å². The molecule has 0 bridgehead atoms. The molecule has 50 valence electrons. The second kappa shape index (κ2) is 2.89. The number of nitrogens with two attached hydrogens (primary N) is 1. The molecule has 0 aromatic heterocycles. The van der Waals surface area contributed by atoms with Gasteiger partial charge in [0.05, 0.1) is 0 Å². The van der Waals surface area contributed by atoms with Crippen molar-refractivity contribution in [2.75, 3.05) is 0 Å². The molecule has 1 rings (SSSR count). The lowest BCUT2D eigenvalue weighted by Crippen LogP contribution is -2.25. The molecular weight excluding hydrogens is 110 g/mol. The van der Waals surface area contributed by atoms with E-state index in [1.807, 2.05) is 0 Å². The summed E-state index contributed by atoms with van der Waals surface area (Å²) in [5.74, 6) is 3.29. The third kappa shape index (κ3) is 1.73. The molecule has 0 aliphatic heterocycles. The Hall–Kier alpha value is -0.480. The maximum absolute atomic E-state index is 5.68. The van der Waals surface area contributed by atoms with E-state index in [1.54, 1.807) is 0 Å². The van der Waals surface area contributed by atoms with Crippen molar-refractivity contribution >= 4 is 0 Å². The molecule has 2 N–H and O–H groups in total. The van der Waals surface area contributed by atoms with Crippen molar-refractivity contribution in [3.8, 4) is 12.3 Å². The SMILES string of the molecule is C#C[C@H]1CC[C@H](N)CC1.